The number of nitrogens with one attached hydrogen (secondary N) is 1. The molecule has 0 fully saturated rings. The molecule has 0 aliphatic heterocycles. The van der Waals surface area contributed by atoms with E-state index in [1.165, 1.54) is 5.56 Å². The average Bonchev–Trinajstić information content (AvgIpc) is 2.28. The van der Waals surface area contributed by atoms with Gasteiger partial charge in [-0.3, -0.25) is 4.79 Å². The second kappa shape index (κ2) is 6.89. The summed E-state index contributed by atoms with van der Waals surface area (Å²) in [6, 6.07) is 7.80. The Balaban J connectivity index is 2.46. The van der Waals surface area contributed by atoms with E-state index in [-0.39, 0.29) is 5.91 Å². The third kappa shape index (κ3) is 4.51. The van der Waals surface area contributed by atoms with Crippen molar-refractivity contribution < 1.29 is 4.79 Å². The summed E-state index contributed by atoms with van der Waals surface area (Å²) in [6.07, 6.45) is 2.02. The predicted molar refractivity (Wildman–Crippen MR) is 76.3 cm³/mol. The van der Waals surface area contributed by atoms with Crippen molar-refractivity contribution >= 4 is 28.5 Å². The first kappa shape index (κ1) is 13.5. The first-order chi connectivity index (χ1) is 7.63. The lowest BCUT2D eigenvalue weighted by atomic mass is 10.1. The molecule has 0 spiro atoms. The van der Waals surface area contributed by atoms with Crippen molar-refractivity contribution in [3.8, 4) is 0 Å². The normalized spacial score (nSPS) is 12.2. The lowest BCUT2D eigenvalue weighted by Crippen LogP contribution is -2.25. The number of benzene rings is 1. The van der Waals surface area contributed by atoms with Crippen molar-refractivity contribution in [1.82, 2.24) is 5.32 Å². The minimum Gasteiger partial charge on any atom is -0.352 e. The van der Waals surface area contributed by atoms with Crippen LogP contribution in [0.5, 0.6) is 0 Å². The van der Waals surface area contributed by atoms with Gasteiger partial charge in [0.1, 0.15) is 0 Å². The van der Waals surface area contributed by atoms with E-state index < -0.39 is 0 Å². The Morgan fingerprint density at radius 3 is 2.50 bits per heavy atom. The Morgan fingerprint density at radius 2 is 2.00 bits per heavy atom. The van der Waals surface area contributed by atoms with Gasteiger partial charge in [0.2, 0.25) is 0 Å². The molecule has 0 saturated heterocycles. The summed E-state index contributed by atoms with van der Waals surface area (Å²) in [5, 5.41) is 2.92. The maximum Gasteiger partial charge on any atom is 0.251 e. The first-order valence-corrected chi connectivity index (χ1v) is 6.89. The molecule has 2 nitrogen and oxygen atoms in total. The topological polar surface area (TPSA) is 29.1 Å². The van der Waals surface area contributed by atoms with Gasteiger partial charge < -0.3 is 5.32 Å². The number of carbonyl (C=O) groups excluding carboxylic acids is 1. The molecule has 16 heavy (non-hydrogen) atoms. The number of hydrogen-bond acceptors (Lipinski definition) is 1. The monoisotopic (exact) mass is 331 g/mol. The molecule has 0 radical (unpaired) electrons. The molecule has 0 heterocycles. The van der Waals surface area contributed by atoms with Gasteiger partial charge in [-0.05, 0) is 30.5 Å². The summed E-state index contributed by atoms with van der Waals surface area (Å²) < 4.78 is 0.598. The zero-order valence-corrected chi connectivity index (χ0v) is 12.0. The van der Waals surface area contributed by atoms with Crippen LogP contribution in [0.1, 0.15) is 36.2 Å². The van der Waals surface area contributed by atoms with Crippen molar-refractivity contribution in [3.05, 3.63) is 35.4 Å². The van der Waals surface area contributed by atoms with Crippen LogP contribution in [-0.4, -0.2) is 16.4 Å². The molecule has 1 N–H and O–H groups in total. The molecule has 1 amide bonds. The molecular weight excluding hydrogens is 313 g/mol. The van der Waals surface area contributed by atoms with E-state index in [0.29, 0.717) is 3.92 Å². The van der Waals surface area contributed by atoms with Crippen LogP contribution in [0.2, 0.25) is 0 Å². The number of aryl methyl sites for hydroxylation is 1. The largest absolute Gasteiger partial charge is 0.352 e. The SMILES string of the molecule is CCc1ccc(C(=O)NCCC(C)I)cc1. The molecule has 0 bridgehead atoms. The molecule has 3 heteroatoms. The van der Waals surface area contributed by atoms with Crippen LogP contribution in [0, 0.1) is 0 Å². The number of carbonyl (C=O) groups is 1. The van der Waals surface area contributed by atoms with E-state index in [1.807, 2.05) is 24.3 Å². The summed E-state index contributed by atoms with van der Waals surface area (Å²) in [7, 11) is 0. The summed E-state index contributed by atoms with van der Waals surface area (Å²) >= 11 is 2.36. The van der Waals surface area contributed by atoms with Crippen molar-refractivity contribution in [3.63, 3.8) is 0 Å². The van der Waals surface area contributed by atoms with Crippen LogP contribution in [0.25, 0.3) is 0 Å². The quantitative estimate of drug-likeness (QED) is 0.652. The van der Waals surface area contributed by atoms with E-state index in [1.54, 1.807) is 0 Å². The van der Waals surface area contributed by atoms with Crippen molar-refractivity contribution in [1.29, 1.82) is 0 Å². The fourth-order valence-electron chi connectivity index (χ4n) is 1.38. The predicted octanol–water partition coefficient (Wildman–Crippen LogP) is 3.19. The number of hydrogen-bond donors (Lipinski definition) is 1. The summed E-state index contributed by atoms with van der Waals surface area (Å²) in [6.45, 7) is 5.00. The second-order valence-corrected chi connectivity index (χ2v) is 6.00. The smallest absolute Gasteiger partial charge is 0.251 e. The van der Waals surface area contributed by atoms with Gasteiger partial charge in [0.15, 0.2) is 0 Å². The van der Waals surface area contributed by atoms with Crippen LogP contribution in [-0.2, 0) is 6.42 Å². The zero-order valence-electron chi connectivity index (χ0n) is 9.79. The molecule has 0 aromatic heterocycles. The van der Waals surface area contributed by atoms with Crippen LogP contribution in [0.3, 0.4) is 0 Å². The van der Waals surface area contributed by atoms with E-state index in [4.69, 9.17) is 0 Å². The molecular formula is C13H18INO. The Kier molecular flexibility index (Phi) is 5.80. The average molecular weight is 331 g/mol. The van der Waals surface area contributed by atoms with Gasteiger partial charge in [0, 0.05) is 16.0 Å². The molecule has 1 aromatic rings. The minimum absolute atomic E-state index is 0.0275. The lowest BCUT2D eigenvalue weighted by Gasteiger charge is -2.06. The van der Waals surface area contributed by atoms with Gasteiger partial charge in [-0.1, -0.05) is 48.6 Å². The fourth-order valence-corrected chi connectivity index (χ4v) is 1.69. The van der Waals surface area contributed by atoms with Gasteiger partial charge in [-0.25, -0.2) is 0 Å². The van der Waals surface area contributed by atoms with Crippen molar-refractivity contribution in [2.75, 3.05) is 6.54 Å². The molecule has 0 aliphatic rings. The summed E-state index contributed by atoms with van der Waals surface area (Å²) in [5.41, 5.74) is 2.01. The van der Waals surface area contributed by atoms with Crippen LogP contribution < -0.4 is 5.32 Å². The van der Waals surface area contributed by atoms with Crippen LogP contribution in [0.4, 0.5) is 0 Å². The maximum absolute atomic E-state index is 11.7. The van der Waals surface area contributed by atoms with E-state index in [2.05, 4.69) is 41.8 Å². The summed E-state index contributed by atoms with van der Waals surface area (Å²) in [5.74, 6) is 0.0275. The van der Waals surface area contributed by atoms with Gasteiger partial charge in [0.25, 0.3) is 5.91 Å². The number of halogens is 1. The van der Waals surface area contributed by atoms with Crippen molar-refractivity contribution in [2.24, 2.45) is 0 Å². The highest BCUT2D eigenvalue weighted by Crippen LogP contribution is 2.06. The molecule has 1 unspecified atom stereocenters. The van der Waals surface area contributed by atoms with Gasteiger partial charge >= 0.3 is 0 Å². The lowest BCUT2D eigenvalue weighted by molar-refractivity contribution is 0.0953. The Bertz CT molecular complexity index is 332. The van der Waals surface area contributed by atoms with Gasteiger partial charge in [-0.2, -0.15) is 0 Å². The molecule has 1 atom stereocenters. The molecule has 1 rings (SSSR count). The van der Waals surface area contributed by atoms with E-state index in [9.17, 15) is 4.79 Å². The van der Waals surface area contributed by atoms with Crippen molar-refractivity contribution in [2.45, 2.75) is 30.6 Å². The van der Waals surface area contributed by atoms with E-state index >= 15 is 0 Å². The highest BCUT2D eigenvalue weighted by atomic mass is 127. The standard InChI is InChI=1S/C13H18INO/c1-3-11-4-6-12(7-5-11)13(16)15-9-8-10(2)14/h4-7,10H,3,8-9H2,1-2H3,(H,15,16). The third-order valence-corrected chi connectivity index (χ3v) is 3.07. The number of rotatable bonds is 5. The Labute approximate surface area is 111 Å². The van der Waals surface area contributed by atoms with E-state index in [0.717, 1.165) is 24.9 Å². The molecule has 88 valence electrons. The minimum atomic E-state index is 0.0275. The second-order valence-electron chi connectivity index (χ2n) is 3.88. The van der Waals surface area contributed by atoms with Crippen LogP contribution >= 0.6 is 22.6 Å². The number of amides is 1. The molecule has 0 aliphatic carbocycles. The highest BCUT2D eigenvalue weighted by Gasteiger charge is 2.04. The zero-order chi connectivity index (χ0) is 12.0. The molecule has 1 aromatic carbocycles. The third-order valence-electron chi connectivity index (χ3n) is 2.45. The van der Waals surface area contributed by atoms with Crippen LogP contribution in [0.15, 0.2) is 24.3 Å². The summed E-state index contributed by atoms with van der Waals surface area (Å²) in [4.78, 5) is 11.7. The number of alkyl halides is 1. The first-order valence-electron chi connectivity index (χ1n) is 5.64. The maximum atomic E-state index is 11.7. The van der Waals surface area contributed by atoms with Gasteiger partial charge in [-0.15, -0.1) is 0 Å². The van der Waals surface area contributed by atoms with Gasteiger partial charge in [0.05, 0.1) is 0 Å². The molecule has 0 saturated carbocycles. The Morgan fingerprint density at radius 1 is 1.38 bits per heavy atom. The Hall–Kier alpha value is -0.580. The highest BCUT2D eigenvalue weighted by molar-refractivity contribution is 14.1. The fraction of sp³-hybridized carbons (Fsp3) is 0.462.